The van der Waals surface area contributed by atoms with Crippen LogP contribution in [0.2, 0.25) is 0 Å². The highest BCUT2D eigenvalue weighted by Gasteiger charge is 2.29. The Bertz CT molecular complexity index is 386. The van der Waals surface area contributed by atoms with Crippen LogP contribution in [0.1, 0.15) is 25.3 Å². The van der Waals surface area contributed by atoms with Gasteiger partial charge in [-0.1, -0.05) is 30.3 Å². The average Bonchev–Trinajstić information content (AvgIpc) is 2.83. The van der Waals surface area contributed by atoms with Gasteiger partial charge in [-0.3, -0.25) is 0 Å². The first-order chi connectivity index (χ1) is 8.68. The molecule has 0 bridgehead atoms. The van der Waals surface area contributed by atoms with Crippen LogP contribution in [0, 0.1) is 0 Å². The highest BCUT2D eigenvalue weighted by molar-refractivity contribution is 5.73. The molecule has 1 aromatic carbocycles. The fraction of sp³-hybridized carbons (Fsp3) is 0.500. The lowest BCUT2D eigenvalue weighted by atomic mass is 10.0. The van der Waals surface area contributed by atoms with Crippen molar-refractivity contribution in [2.75, 3.05) is 13.2 Å². The average molecular weight is 248 g/mol. The van der Waals surface area contributed by atoms with Crippen LogP contribution in [0.3, 0.4) is 0 Å². The van der Waals surface area contributed by atoms with Gasteiger partial charge < -0.3 is 15.4 Å². The number of carbonyl (C=O) groups is 1. The summed E-state index contributed by atoms with van der Waals surface area (Å²) in [5.41, 5.74) is 0.903. The van der Waals surface area contributed by atoms with E-state index in [0.29, 0.717) is 13.1 Å². The maximum absolute atomic E-state index is 11.6. The molecular weight excluding hydrogens is 228 g/mol. The second kappa shape index (κ2) is 5.87. The van der Waals surface area contributed by atoms with Gasteiger partial charge in [-0.15, -0.1) is 0 Å². The number of rotatable bonds is 4. The molecule has 4 nitrogen and oxygen atoms in total. The summed E-state index contributed by atoms with van der Waals surface area (Å²) in [6.07, 6.45) is 2.08. The molecule has 2 amide bonds. The number of carbonyl (C=O) groups excluding carboxylic acids is 1. The summed E-state index contributed by atoms with van der Waals surface area (Å²) in [6.45, 7) is 3.94. The monoisotopic (exact) mass is 248 g/mol. The molecule has 1 aliphatic heterocycles. The highest BCUT2D eigenvalue weighted by Crippen LogP contribution is 2.23. The Morgan fingerprint density at radius 3 is 2.78 bits per heavy atom. The first-order valence-corrected chi connectivity index (χ1v) is 6.38. The third-order valence-corrected chi connectivity index (χ3v) is 3.22. The smallest absolute Gasteiger partial charge is 0.315 e. The third kappa shape index (κ3) is 3.74. The minimum Gasteiger partial charge on any atom is -0.373 e. The van der Waals surface area contributed by atoms with Gasteiger partial charge in [0.1, 0.15) is 0 Å². The maximum Gasteiger partial charge on any atom is 0.315 e. The van der Waals surface area contributed by atoms with Crippen LogP contribution in [0.15, 0.2) is 30.3 Å². The van der Waals surface area contributed by atoms with Crippen molar-refractivity contribution in [3.8, 4) is 0 Å². The van der Waals surface area contributed by atoms with E-state index in [1.54, 1.807) is 0 Å². The van der Waals surface area contributed by atoms with Crippen molar-refractivity contribution < 1.29 is 9.53 Å². The molecule has 18 heavy (non-hydrogen) atoms. The number of hydrogen-bond acceptors (Lipinski definition) is 2. The van der Waals surface area contributed by atoms with E-state index in [-0.39, 0.29) is 11.6 Å². The molecule has 0 radical (unpaired) electrons. The second-order valence-electron chi connectivity index (χ2n) is 4.92. The van der Waals surface area contributed by atoms with Gasteiger partial charge in [0, 0.05) is 19.7 Å². The molecule has 4 heteroatoms. The lowest BCUT2D eigenvalue weighted by molar-refractivity contribution is 0.0229. The zero-order valence-corrected chi connectivity index (χ0v) is 10.7. The normalized spacial score (nSPS) is 22.7. The number of amides is 2. The van der Waals surface area contributed by atoms with Gasteiger partial charge in [0.15, 0.2) is 0 Å². The van der Waals surface area contributed by atoms with Crippen LogP contribution in [-0.4, -0.2) is 24.8 Å². The molecule has 2 N–H and O–H groups in total. The number of benzene rings is 1. The predicted molar refractivity (Wildman–Crippen MR) is 70.3 cm³/mol. The van der Waals surface area contributed by atoms with E-state index >= 15 is 0 Å². The molecule has 0 saturated carbocycles. The standard InChI is InChI=1S/C14H20N2O2/c1-14(8-5-9-18-14)11-16-13(17)15-10-12-6-3-2-4-7-12/h2-4,6-7H,5,8-11H2,1H3,(H2,15,16,17). The van der Waals surface area contributed by atoms with E-state index in [1.165, 1.54) is 0 Å². The van der Waals surface area contributed by atoms with Gasteiger partial charge in [0.25, 0.3) is 0 Å². The summed E-state index contributed by atoms with van der Waals surface area (Å²) in [4.78, 5) is 11.6. The van der Waals surface area contributed by atoms with E-state index < -0.39 is 0 Å². The minimum absolute atomic E-state index is 0.143. The molecule has 1 unspecified atom stereocenters. The van der Waals surface area contributed by atoms with Crippen molar-refractivity contribution in [3.63, 3.8) is 0 Å². The SMILES string of the molecule is CC1(CNC(=O)NCc2ccccc2)CCCO1. The Kier molecular flexibility index (Phi) is 4.20. The van der Waals surface area contributed by atoms with Crippen LogP contribution >= 0.6 is 0 Å². The Labute approximate surface area is 108 Å². The fourth-order valence-corrected chi connectivity index (χ4v) is 2.08. The zero-order chi connectivity index (χ0) is 12.8. The Hall–Kier alpha value is -1.55. The summed E-state index contributed by atoms with van der Waals surface area (Å²) in [5, 5.41) is 5.69. The number of ether oxygens (including phenoxy) is 1. The van der Waals surface area contributed by atoms with Crippen LogP contribution in [0.25, 0.3) is 0 Å². The zero-order valence-electron chi connectivity index (χ0n) is 10.7. The molecule has 98 valence electrons. The summed E-state index contributed by atoms with van der Waals surface area (Å²) < 4.78 is 5.61. The molecule has 1 fully saturated rings. The van der Waals surface area contributed by atoms with Gasteiger partial charge in [-0.2, -0.15) is 0 Å². The van der Waals surface area contributed by atoms with Crippen molar-refractivity contribution in [3.05, 3.63) is 35.9 Å². The molecular formula is C14H20N2O2. The number of urea groups is 1. The molecule has 1 atom stereocenters. The molecule has 0 aromatic heterocycles. The molecule has 0 spiro atoms. The van der Waals surface area contributed by atoms with E-state index in [9.17, 15) is 4.79 Å². The first kappa shape index (κ1) is 12.9. The minimum atomic E-state index is -0.190. The Morgan fingerprint density at radius 2 is 2.11 bits per heavy atom. The van der Waals surface area contributed by atoms with Crippen molar-refractivity contribution >= 4 is 6.03 Å². The summed E-state index contributed by atoms with van der Waals surface area (Å²) in [5.74, 6) is 0. The molecule has 0 aliphatic carbocycles. The summed E-state index contributed by atoms with van der Waals surface area (Å²) in [6, 6.07) is 9.71. The summed E-state index contributed by atoms with van der Waals surface area (Å²) >= 11 is 0. The van der Waals surface area contributed by atoms with Crippen LogP contribution in [0.5, 0.6) is 0 Å². The Balaban J connectivity index is 1.69. The second-order valence-corrected chi connectivity index (χ2v) is 4.92. The first-order valence-electron chi connectivity index (χ1n) is 6.38. The van der Waals surface area contributed by atoms with Crippen LogP contribution in [-0.2, 0) is 11.3 Å². The van der Waals surface area contributed by atoms with Gasteiger partial charge >= 0.3 is 6.03 Å². The van der Waals surface area contributed by atoms with Crippen molar-refractivity contribution in [2.45, 2.75) is 31.9 Å². The maximum atomic E-state index is 11.6. The van der Waals surface area contributed by atoms with E-state index in [1.807, 2.05) is 37.3 Å². The van der Waals surface area contributed by atoms with Gasteiger partial charge in [0.05, 0.1) is 5.60 Å². The fourth-order valence-electron chi connectivity index (χ4n) is 2.08. The topological polar surface area (TPSA) is 50.4 Å². The van der Waals surface area contributed by atoms with Gasteiger partial charge in [-0.25, -0.2) is 4.79 Å². The van der Waals surface area contributed by atoms with E-state index in [2.05, 4.69) is 10.6 Å². The highest BCUT2D eigenvalue weighted by atomic mass is 16.5. The number of nitrogens with one attached hydrogen (secondary N) is 2. The lowest BCUT2D eigenvalue weighted by Crippen LogP contribution is -2.44. The van der Waals surface area contributed by atoms with Crippen molar-refractivity contribution in [1.29, 1.82) is 0 Å². The summed E-state index contributed by atoms with van der Waals surface area (Å²) in [7, 11) is 0. The van der Waals surface area contributed by atoms with Crippen molar-refractivity contribution in [2.24, 2.45) is 0 Å². The molecule has 1 aliphatic rings. The molecule has 1 heterocycles. The van der Waals surface area contributed by atoms with E-state index in [0.717, 1.165) is 25.0 Å². The molecule has 1 aromatic rings. The largest absolute Gasteiger partial charge is 0.373 e. The molecule has 2 rings (SSSR count). The third-order valence-electron chi connectivity index (χ3n) is 3.22. The van der Waals surface area contributed by atoms with Gasteiger partial charge in [0.2, 0.25) is 0 Å². The number of hydrogen-bond donors (Lipinski definition) is 2. The Morgan fingerprint density at radius 1 is 1.33 bits per heavy atom. The molecule has 1 saturated heterocycles. The van der Waals surface area contributed by atoms with Gasteiger partial charge in [-0.05, 0) is 25.3 Å². The van der Waals surface area contributed by atoms with E-state index in [4.69, 9.17) is 4.74 Å². The quantitative estimate of drug-likeness (QED) is 0.857. The lowest BCUT2D eigenvalue weighted by Gasteiger charge is -2.23. The van der Waals surface area contributed by atoms with Crippen LogP contribution in [0.4, 0.5) is 4.79 Å². The van der Waals surface area contributed by atoms with Crippen LogP contribution < -0.4 is 10.6 Å². The predicted octanol–water partition coefficient (Wildman–Crippen LogP) is 2.05. The van der Waals surface area contributed by atoms with Crippen molar-refractivity contribution in [1.82, 2.24) is 10.6 Å².